The van der Waals surface area contributed by atoms with Crippen molar-refractivity contribution in [3.05, 3.63) is 71.6 Å². The maximum atomic E-state index is 14.1. The van der Waals surface area contributed by atoms with Crippen LogP contribution < -0.4 is 4.74 Å². The summed E-state index contributed by atoms with van der Waals surface area (Å²) < 4.78 is 54.9. The highest BCUT2D eigenvalue weighted by atomic mass is 19.4. The van der Waals surface area contributed by atoms with Gasteiger partial charge in [0.05, 0.1) is 0 Å². The van der Waals surface area contributed by atoms with E-state index in [0.29, 0.717) is 11.6 Å². The van der Waals surface area contributed by atoms with Crippen LogP contribution in [-0.2, 0) is 6.54 Å². The summed E-state index contributed by atoms with van der Waals surface area (Å²) in [4.78, 5) is 2.49. The molecule has 28 heavy (non-hydrogen) atoms. The highest BCUT2D eigenvalue weighted by Gasteiger charge is 2.35. The molecule has 6 heteroatoms. The molecular weight excluding hydrogens is 370 g/mol. The van der Waals surface area contributed by atoms with Crippen molar-refractivity contribution in [2.75, 3.05) is 0 Å². The van der Waals surface area contributed by atoms with E-state index in [4.69, 9.17) is 0 Å². The smallest absolute Gasteiger partial charge is 0.403 e. The molecule has 0 aliphatic carbocycles. The van der Waals surface area contributed by atoms with Crippen molar-refractivity contribution in [1.82, 2.24) is 4.90 Å². The van der Waals surface area contributed by atoms with Gasteiger partial charge in [-0.05, 0) is 48.1 Å². The molecule has 2 bridgehead atoms. The van der Waals surface area contributed by atoms with Crippen molar-refractivity contribution < 1.29 is 22.3 Å². The SMILES string of the molecule is Fc1cc(C2=CC3CCCC(C2)N3Cc2ccccc2)ccc1OC(F)(F)F. The van der Waals surface area contributed by atoms with Crippen LogP contribution in [0.25, 0.3) is 5.57 Å². The van der Waals surface area contributed by atoms with Gasteiger partial charge < -0.3 is 4.74 Å². The van der Waals surface area contributed by atoms with Crippen molar-refractivity contribution in [3.8, 4) is 5.75 Å². The van der Waals surface area contributed by atoms with Crippen LogP contribution in [0.2, 0.25) is 0 Å². The largest absolute Gasteiger partial charge is 0.573 e. The Morgan fingerprint density at radius 1 is 1.04 bits per heavy atom. The number of alkyl halides is 3. The Bertz CT molecular complexity index is 863. The number of fused-ring (bicyclic) bond motifs is 2. The Morgan fingerprint density at radius 3 is 2.50 bits per heavy atom. The first-order valence-electron chi connectivity index (χ1n) is 9.45. The Morgan fingerprint density at radius 2 is 1.82 bits per heavy atom. The van der Waals surface area contributed by atoms with Crippen molar-refractivity contribution in [2.45, 2.75) is 50.7 Å². The zero-order chi connectivity index (χ0) is 19.7. The molecule has 4 rings (SSSR count). The first-order chi connectivity index (χ1) is 13.4. The maximum absolute atomic E-state index is 14.1. The number of piperidine rings is 1. The number of hydrogen-bond donors (Lipinski definition) is 0. The van der Waals surface area contributed by atoms with Gasteiger partial charge in [-0.1, -0.05) is 48.9 Å². The van der Waals surface area contributed by atoms with Crippen LogP contribution in [-0.4, -0.2) is 23.3 Å². The fourth-order valence-corrected chi connectivity index (χ4v) is 4.28. The number of ether oxygens (including phenoxy) is 1. The molecule has 1 saturated heterocycles. The second-order valence-electron chi connectivity index (χ2n) is 7.40. The molecule has 2 aliphatic heterocycles. The number of rotatable bonds is 4. The van der Waals surface area contributed by atoms with Crippen LogP contribution in [0.4, 0.5) is 17.6 Å². The lowest BCUT2D eigenvalue weighted by Crippen LogP contribution is -2.47. The third-order valence-corrected chi connectivity index (χ3v) is 5.52. The lowest BCUT2D eigenvalue weighted by molar-refractivity contribution is -0.275. The van der Waals surface area contributed by atoms with Gasteiger partial charge in [0.2, 0.25) is 0 Å². The average Bonchev–Trinajstić information content (AvgIpc) is 2.63. The number of benzene rings is 2. The lowest BCUT2D eigenvalue weighted by atomic mass is 9.82. The fourth-order valence-electron chi connectivity index (χ4n) is 4.28. The molecule has 0 saturated carbocycles. The first kappa shape index (κ1) is 19.0. The van der Waals surface area contributed by atoms with Gasteiger partial charge in [0, 0.05) is 18.6 Å². The highest BCUT2D eigenvalue weighted by Crippen LogP contribution is 2.39. The van der Waals surface area contributed by atoms with Crippen molar-refractivity contribution >= 4 is 5.57 Å². The van der Waals surface area contributed by atoms with E-state index >= 15 is 0 Å². The molecule has 2 nitrogen and oxygen atoms in total. The van der Waals surface area contributed by atoms with Crippen LogP contribution in [0.3, 0.4) is 0 Å². The van der Waals surface area contributed by atoms with Crippen molar-refractivity contribution in [2.24, 2.45) is 0 Å². The predicted octanol–water partition coefficient (Wildman–Crippen LogP) is 5.93. The van der Waals surface area contributed by atoms with E-state index in [-0.39, 0.29) is 6.04 Å². The maximum Gasteiger partial charge on any atom is 0.573 e. The minimum atomic E-state index is -4.90. The highest BCUT2D eigenvalue weighted by molar-refractivity contribution is 5.68. The molecule has 2 heterocycles. The van der Waals surface area contributed by atoms with E-state index in [1.165, 1.54) is 11.6 Å². The van der Waals surface area contributed by atoms with Crippen molar-refractivity contribution in [1.29, 1.82) is 0 Å². The van der Waals surface area contributed by atoms with E-state index in [2.05, 4.69) is 27.8 Å². The van der Waals surface area contributed by atoms with E-state index in [1.807, 2.05) is 18.2 Å². The zero-order valence-corrected chi connectivity index (χ0v) is 15.3. The molecular formula is C22H21F4NO. The summed E-state index contributed by atoms with van der Waals surface area (Å²) in [6.45, 7) is 0.868. The average molecular weight is 391 g/mol. The Balaban J connectivity index is 1.56. The topological polar surface area (TPSA) is 12.5 Å². The monoisotopic (exact) mass is 391 g/mol. The quantitative estimate of drug-likeness (QED) is 0.599. The summed E-state index contributed by atoms with van der Waals surface area (Å²) >= 11 is 0. The standard InChI is InChI=1S/C22H21F4NO/c23-20-13-16(9-10-21(20)28-22(24,25)26)17-11-18-7-4-8-19(12-17)27(18)14-15-5-2-1-3-6-15/h1-3,5-6,9-11,13,18-19H,4,7-8,12,14H2. The Kier molecular flexibility index (Phi) is 5.15. The van der Waals surface area contributed by atoms with Gasteiger partial charge in [0.1, 0.15) is 0 Å². The number of halogens is 4. The van der Waals surface area contributed by atoms with Crippen LogP contribution in [0, 0.1) is 5.82 Å². The van der Waals surface area contributed by atoms with Gasteiger partial charge in [0.15, 0.2) is 11.6 Å². The van der Waals surface area contributed by atoms with Gasteiger partial charge >= 0.3 is 6.36 Å². The van der Waals surface area contributed by atoms with Crippen molar-refractivity contribution in [3.63, 3.8) is 0 Å². The Labute approximate surface area is 161 Å². The molecule has 0 aromatic heterocycles. The van der Waals surface area contributed by atoms with Crippen LogP contribution >= 0.6 is 0 Å². The molecule has 148 valence electrons. The third kappa shape index (κ3) is 4.22. The van der Waals surface area contributed by atoms with E-state index in [0.717, 1.165) is 49.9 Å². The summed E-state index contributed by atoms with van der Waals surface area (Å²) in [5.74, 6) is -1.79. The zero-order valence-electron chi connectivity index (χ0n) is 15.3. The first-order valence-corrected chi connectivity index (χ1v) is 9.45. The second-order valence-corrected chi connectivity index (χ2v) is 7.40. The summed E-state index contributed by atoms with van der Waals surface area (Å²) in [7, 11) is 0. The molecule has 0 amide bonds. The van der Waals surface area contributed by atoms with Gasteiger partial charge in [-0.25, -0.2) is 4.39 Å². The van der Waals surface area contributed by atoms with Gasteiger partial charge in [-0.3, -0.25) is 4.90 Å². The van der Waals surface area contributed by atoms with Gasteiger partial charge in [0.25, 0.3) is 0 Å². The van der Waals surface area contributed by atoms with E-state index < -0.39 is 17.9 Å². The molecule has 0 radical (unpaired) electrons. The Hall–Kier alpha value is -2.34. The van der Waals surface area contributed by atoms with E-state index in [9.17, 15) is 17.6 Å². The summed E-state index contributed by atoms with van der Waals surface area (Å²) in [6.07, 6.45) is 1.27. The van der Waals surface area contributed by atoms with E-state index in [1.54, 1.807) is 0 Å². The summed E-state index contributed by atoms with van der Waals surface area (Å²) in [6, 6.07) is 14.6. The van der Waals surface area contributed by atoms with Gasteiger partial charge in [-0.2, -0.15) is 0 Å². The molecule has 2 aromatic carbocycles. The minimum absolute atomic E-state index is 0.261. The normalized spacial score (nSPS) is 22.6. The number of nitrogens with zero attached hydrogens (tertiary/aromatic N) is 1. The van der Waals surface area contributed by atoms with Crippen LogP contribution in [0.15, 0.2) is 54.6 Å². The molecule has 2 unspecified atom stereocenters. The van der Waals surface area contributed by atoms with Gasteiger partial charge in [-0.15, -0.1) is 13.2 Å². The summed E-state index contributed by atoms with van der Waals surface area (Å²) in [5, 5.41) is 0. The number of hydrogen-bond acceptors (Lipinski definition) is 2. The predicted molar refractivity (Wildman–Crippen MR) is 99.1 cm³/mol. The molecule has 1 fully saturated rings. The minimum Gasteiger partial charge on any atom is -0.403 e. The third-order valence-electron chi connectivity index (χ3n) is 5.52. The summed E-state index contributed by atoms with van der Waals surface area (Å²) in [5.41, 5.74) is 2.88. The van der Waals surface area contributed by atoms with Crippen LogP contribution in [0.5, 0.6) is 5.75 Å². The molecule has 0 spiro atoms. The molecule has 2 atom stereocenters. The molecule has 2 aromatic rings. The lowest BCUT2D eigenvalue weighted by Gasteiger charge is -2.45. The molecule has 2 aliphatic rings. The fraction of sp³-hybridized carbons (Fsp3) is 0.364. The second kappa shape index (κ2) is 7.59. The molecule has 0 N–H and O–H groups in total. The van der Waals surface area contributed by atoms with Crippen LogP contribution in [0.1, 0.15) is 36.8 Å².